The normalized spacial score (nSPS) is 8.41. The predicted molar refractivity (Wildman–Crippen MR) is 284 cm³/mol. The van der Waals surface area contributed by atoms with Crippen LogP contribution in [0, 0.1) is 52.0 Å². The first-order valence-electron chi connectivity index (χ1n) is 20.8. The van der Waals surface area contributed by atoms with Gasteiger partial charge in [-0.05, 0) is 32.3 Å². The molecule has 9 aromatic carbocycles. The number of hydrogen-bond acceptors (Lipinski definition) is 0. The van der Waals surface area contributed by atoms with E-state index >= 15 is 0 Å². The Morgan fingerprint density at radius 3 is 0.725 bits per heavy atom. The van der Waals surface area contributed by atoms with Gasteiger partial charge in [0.1, 0.15) is 0 Å². The Morgan fingerprint density at radius 2 is 0.623 bits per heavy atom. The molecule has 0 aliphatic heterocycles. The predicted octanol–water partition coefficient (Wildman–Crippen LogP) is 16.5. The van der Waals surface area contributed by atoms with Crippen LogP contribution < -0.4 is 0 Å². The molecule has 9 aromatic rings. The molecule has 9 rings (SSSR count). The van der Waals surface area contributed by atoms with Crippen molar-refractivity contribution in [2.24, 2.45) is 0 Å². The summed E-state index contributed by atoms with van der Waals surface area (Å²) in [5, 5.41) is 7.86. The maximum absolute atomic E-state index is 5.19. The fraction of sp³-hybridized carbons (Fsp3) is 0.0156. The zero-order chi connectivity index (χ0) is 48.0. The Hall–Kier alpha value is -4.75. The Labute approximate surface area is 480 Å². The molecule has 0 N–H and O–H groups in total. The monoisotopic (exact) mass is 1740 g/mol. The topological polar surface area (TPSA) is 0 Å². The van der Waals surface area contributed by atoms with Crippen molar-refractivity contribution >= 4 is 53.3 Å². The minimum Gasteiger partial charge on any atom is -0.0623 e. The first kappa shape index (κ1) is 68.5. The van der Waals surface area contributed by atoms with Crippen LogP contribution in [0.3, 0.4) is 0 Å². The van der Waals surface area contributed by atoms with Crippen LogP contribution in [0.2, 0.25) is 0 Å². The van der Waals surface area contributed by atoms with Crippen LogP contribution in [-0.2, 0) is 102 Å². The third-order valence-corrected chi connectivity index (χ3v) is 9.28. The minimum atomic E-state index is 0. The fourth-order valence-electron chi connectivity index (χ4n) is 4.92. The molecule has 0 atom stereocenters. The summed E-state index contributed by atoms with van der Waals surface area (Å²) in [5.74, 6) is 0. The van der Waals surface area contributed by atoms with Crippen LogP contribution in [0.1, 0.15) is 17.5 Å². The van der Waals surface area contributed by atoms with E-state index in [0.29, 0.717) is 0 Å². The average Bonchev–Trinajstić information content (AvgIpc) is 3.41. The molecule has 69 heavy (non-hydrogen) atoms. The Balaban J connectivity index is -0.000000718. The maximum Gasteiger partial charge on any atom is 2.00 e. The van der Waals surface area contributed by atoms with E-state index in [1.807, 2.05) is 95.4 Å². The van der Waals surface area contributed by atoms with E-state index in [1.54, 1.807) is 12.2 Å². The second kappa shape index (κ2) is 51.1. The van der Waals surface area contributed by atoms with Crippen molar-refractivity contribution in [3.8, 4) is 0 Å². The Bertz CT molecular complexity index is 2210. The number of allylic oxidation sites excluding steroid dienone is 5. The van der Waals surface area contributed by atoms with Gasteiger partial charge in [0.15, 0.2) is 0 Å². The molecule has 344 valence electrons. The van der Waals surface area contributed by atoms with Crippen LogP contribution in [0.5, 0.6) is 0 Å². The SMILES string of the molecule is [CH-]=CC=[CH-].[CH-]=CC[CH]=[W].[CH-]=Cc1[c-]cccc1.[CH-]=Cc1[c-]cccc1.[CH2-]C=C[CH]=[W].[W+2].[W+2].[W+2].c1ccc2ccccc2c1.c1ccc2ccccc2c1.c1ccc2ccccc2c1.c1ccccc1. The summed E-state index contributed by atoms with van der Waals surface area (Å²) in [6.45, 7) is 28.3. The molecule has 0 nitrogen and oxygen atoms in total. The van der Waals surface area contributed by atoms with E-state index in [0.717, 1.165) is 17.5 Å². The summed E-state index contributed by atoms with van der Waals surface area (Å²) in [6, 6.07) is 83.2. The summed E-state index contributed by atoms with van der Waals surface area (Å²) in [6.07, 6.45) is 11.9. The van der Waals surface area contributed by atoms with Gasteiger partial charge >= 0.3 is 149 Å². The molecule has 0 radical (unpaired) electrons. The molecule has 0 amide bonds. The fourth-order valence-corrected chi connectivity index (χ4v) is 5.71. The molecule has 0 fully saturated rings. The number of hydrogen-bond donors (Lipinski definition) is 0. The van der Waals surface area contributed by atoms with Crippen molar-refractivity contribution in [2.75, 3.05) is 0 Å². The third-order valence-electron chi connectivity index (χ3n) is 8.03. The van der Waals surface area contributed by atoms with E-state index in [1.165, 1.54) is 95.3 Å². The van der Waals surface area contributed by atoms with Gasteiger partial charge in [-0.15, -0.1) is 12.1 Å². The number of rotatable bonds is 6. The molecule has 0 heterocycles. The van der Waals surface area contributed by atoms with Crippen molar-refractivity contribution < 1.29 is 102 Å². The van der Waals surface area contributed by atoms with Gasteiger partial charge in [0.25, 0.3) is 0 Å². The van der Waals surface area contributed by atoms with Crippen LogP contribution in [-0.4, -0.2) is 8.80 Å². The Morgan fingerprint density at radius 1 is 0.377 bits per heavy atom. The van der Waals surface area contributed by atoms with E-state index in [4.69, 9.17) is 32.9 Å². The molecule has 0 saturated heterocycles. The summed E-state index contributed by atoms with van der Waals surface area (Å²) < 4.78 is 4.10. The minimum absolute atomic E-state index is 0. The molecule has 0 saturated carbocycles. The number of fused-ring (bicyclic) bond motifs is 3. The molecule has 0 aliphatic carbocycles. The quantitative estimate of drug-likeness (QED) is 0.115. The van der Waals surface area contributed by atoms with Crippen molar-refractivity contribution in [1.29, 1.82) is 0 Å². The van der Waals surface area contributed by atoms with Gasteiger partial charge in [-0.25, -0.2) is 24.3 Å². The summed E-state index contributed by atoms with van der Waals surface area (Å²) >= 11 is 2.96. The van der Waals surface area contributed by atoms with E-state index in [2.05, 4.69) is 169 Å². The standard InChI is InChI=1S/3C10H8.2C8H6.C6H6.2C4H5.C4H4.5W/c3*1-2-6-10-8-4-3-7-9(10)5-1;2*1-2-8-6-4-3-5-7-8;1-2-4-6-5-3-1;3*1-3-4-2;;;;;/h3*1-8H;2*1-6H;1-6H;1,3-4H,2H2;1-3H,4H2;1-4H;;;;;/q;;;2*-2;;2*-1;-2;;;3*+2. The molecule has 0 aromatic heterocycles. The average molecular weight is 1740 g/mol. The van der Waals surface area contributed by atoms with E-state index < -0.39 is 0 Å². The molecule has 0 bridgehead atoms. The first-order chi connectivity index (χ1) is 32.5. The summed E-state index contributed by atoms with van der Waals surface area (Å²) in [7, 11) is 0. The number of benzene rings is 9. The smallest absolute Gasteiger partial charge is 0.0623 e. The zero-order valence-electron chi connectivity index (χ0n) is 38.5. The first-order valence-corrected chi connectivity index (χ1v) is 24.2. The molecule has 0 spiro atoms. The molecule has 0 unspecified atom stereocenters. The molecule has 5 heteroatoms. The van der Waals surface area contributed by atoms with Gasteiger partial charge in [-0.2, -0.15) is 24.3 Å². The van der Waals surface area contributed by atoms with Crippen molar-refractivity contribution in [3.63, 3.8) is 0 Å². The second-order valence-corrected chi connectivity index (χ2v) is 14.9. The summed E-state index contributed by atoms with van der Waals surface area (Å²) in [5.41, 5.74) is 1.88. The van der Waals surface area contributed by atoms with Gasteiger partial charge in [0.2, 0.25) is 0 Å². The zero-order valence-corrected chi connectivity index (χ0v) is 53.1. The third kappa shape index (κ3) is 36.8. The summed E-state index contributed by atoms with van der Waals surface area (Å²) in [4.78, 5) is 0. The molecular weight excluding hydrogens is 1690 g/mol. The van der Waals surface area contributed by atoms with Gasteiger partial charge in [-0.3, -0.25) is 0 Å². The molecular formula is C64H56W5-2. The van der Waals surface area contributed by atoms with E-state index in [-0.39, 0.29) is 63.2 Å². The van der Waals surface area contributed by atoms with Gasteiger partial charge in [0, 0.05) is 0 Å². The van der Waals surface area contributed by atoms with Crippen LogP contribution in [0.15, 0.2) is 261 Å². The van der Waals surface area contributed by atoms with Crippen LogP contribution in [0.25, 0.3) is 44.5 Å². The molecule has 0 aliphatic rings. The second-order valence-electron chi connectivity index (χ2n) is 12.8. The van der Waals surface area contributed by atoms with Crippen LogP contribution >= 0.6 is 0 Å². The van der Waals surface area contributed by atoms with Crippen molar-refractivity contribution in [3.05, 3.63) is 324 Å². The van der Waals surface area contributed by atoms with Gasteiger partial charge < -0.3 is 61.7 Å². The Kier molecular flexibility index (Phi) is 50.8. The maximum atomic E-state index is 5.19. The van der Waals surface area contributed by atoms with Crippen molar-refractivity contribution in [1.82, 2.24) is 0 Å². The van der Waals surface area contributed by atoms with Crippen molar-refractivity contribution in [2.45, 2.75) is 6.42 Å². The van der Waals surface area contributed by atoms with Crippen LogP contribution in [0.4, 0.5) is 0 Å². The van der Waals surface area contributed by atoms with Gasteiger partial charge in [0.05, 0.1) is 0 Å². The largest absolute Gasteiger partial charge is 2.00 e. The van der Waals surface area contributed by atoms with Gasteiger partial charge in [-0.1, -0.05) is 182 Å². The van der Waals surface area contributed by atoms with E-state index in [9.17, 15) is 0 Å².